The highest BCUT2D eigenvalue weighted by molar-refractivity contribution is 7.99. The molecule has 0 atom stereocenters. The molecule has 0 saturated carbocycles. The van der Waals surface area contributed by atoms with Gasteiger partial charge in [0.1, 0.15) is 0 Å². The molecule has 3 aromatic carbocycles. The van der Waals surface area contributed by atoms with Crippen molar-refractivity contribution in [3.8, 4) is 11.3 Å². The molecule has 6 heteroatoms. The number of hydrogen-bond acceptors (Lipinski definition) is 4. The maximum absolute atomic E-state index is 13.5. The Bertz CT molecular complexity index is 1460. The van der Waals surface area contributed by atoms with E-state index in [0.29, 0.717) is 5.56 Å². The SMILES string of the molecule is Cc1c(-c2cc(C(=O)Nc3ccccc3Sc3ccccc3)c3ccccc3n2)cnn1C. The molecule has 162 valence electrons. The molecule has 0 spiro atoms. The van der Waals surface area contributed by atoms with E-state index >= 15 is 0 Å². The van der Waals surface area contributed by atoms with Crippen LogP contribution in [0.15, 0.2) is 101 Å². The highest BCUT2D eigenvalue weighted by atomic mass is 32.2. The molecule has 0 fully saturated rings. The van der Waals surface area contributed by atoms with Crippen LogP contribution < -0.4 is 5.32 Å². The van der Waals surface area contributed by atoms with Crippen LogP contribution in [0.2, 0.25) is 0 Å². The number of carbonyl (C=O) groups is 1. The van der Waals surface area contributed by atoms with E-state index in [2.05, 4.69) is 22.5 Å². The number of hydrogen-bond donors (Lipinski definition) is 1. The predicted octanol–water partition coefficient (Wildman–Crippen LogP) is 6.35. The fourth-order valence-corrected chi connectivity index (χ4v) is 4.64. The van der Waals surface area contributed by atoms with E-state index in [-0.39, 0.29) is 5.91 Å². The molecule has 5 aromatic rings. The van der Waals surface area contributed by atoms with Crippen LogP contribution in [0.1, 0.15) is 16.1 Å². The number of anilines is 1. The lowest BCUT2D eigenvalue weighted by molar-refractivity contribution is 0.102. The number of aromatic nitrogens is 3. The molecule has 0 bridgehead atoms. The second kappa shape index (κ2) is 8.92. The summed E-state index contributed by atoms with van der Waals surface area (Å²) in [4.78, 5) is 20.4. The standard InChI is InChI=1S/C27H22N4OS/c1-18-22(17-28-31(18)2)25-16-21(20-12-6-7-13-23(20)29-25)27(32)30-24-14-8-9-15-26(24)33-19-10-4-3-5-11-19/h3-17H,1-2H3,(H,30,32). The summed E-state index contributed by atoms with van der Waals surface area (Å²) in [6.07, 6.45) is 1.79. The third-order valence-corrected chi connectivity index (χ3v) is 6.66. The summed E-state index contributed by atoms with van der Waals surface area (Å²) in [5.41, 5.74) is 4.77. The molecule has 0 aliphatic carbocycles. The third kappa shape index (κ3) is 4.25. The van der Waals surface area contributed by atoms with Gasteiger partial charge in [0.05, 0.1) is 28.7 Å². The average Bonchev–Trinajstić information content (AvgIpc) is 3.18. The fourth-order valence-electron chi connectivity index (χ4n) is 3.72. The zero-order valence-corrected chi connectivity index (χ0v) is 19.1. The predicted molar refractivity (Wildman–Crippen MR) is 134 cm³/mol. The second-order valence-corrected chi connectivity index (χ2v) is 8.82. The van der Waals surface area contributed by atoms with Gasteiger partial charge in [-0.25, -0.2) is 4.98 Å². The Morgan fingerprint density at radius 2 is 1.67 bits per heavy atom. The average molecular weight is 451 g/mol. The fraction of sp³-hybridized carbons (Fsp3) is 0.0741. The van der Waals surface area contributed by atoms with Gasteiger partial charge < -0.3 is 5.32 Å². The number of fused-ring (bicyclic) bond motifs is 1. The molecule has 1 amide bonds. The molecular weight excluding hydrogens is 428 g/mol. The van der Waals surface area contributed by atoms with E-state index in [9.17, 15) is 4.79 Å². The number of nitrogens with zero attached hydrogens (tertiary/aromatic N) is 3. The Balaban J connectivity index is 1.54. The highest BCUT2D eigenvalue weighted by Gasteiger charge is 2.17. The smallest absolute Gasteiger partial charge is 0.256 e. The van der Waals surface area contributed by atoms with Gasteiger partial charge in [0, 0.05) is 33.5 Å². The molecule has 0 radical (unpaired) electrons. The van der Waals surface area contributed by atoms with Crippen LogP contribution in [0, 0.1) is 6.92 Å². The van der Waals surface area contributed by atoms with Crippen LogP contribution in [-0.2, 0) is 7.05 Å². The Labute approximate surface area is 196 Å². The Morgan fingerprint density at radius 1 is 0.939 bits per heavy atom. The van der Waals surface area contributed by atoms with E-state index in [1.165, 1.54) is 0 Å². The van der Waals surface area contributed by atoms with E-state index in [1.54, 1.807) is 18.0 Å². The molecule has 5 rings (SSSR count). The summed E-state index contributed by atoms with van der Waals surface area (Å²) in [5.74, 6) is -0.169. The van der Waals surface area contributed by atoms with Crippen molar-refractivity contribution in [1.82, 2.24) is 14.8 Å². The molecule has 0 unspecified atom stereocenters. The molecule has 2 aromatic heterocycles. The van der Waals surface area contributed by atoms with Crippen molar-refractivity contribution in [3.63, 3.8) is 0 Å². The van der Waals surface area contributed by atoms with Crippen LogP contribution in [0.5, 0.6) is 0 Å². The number of amides is 1. The van der Waals surface area contributed by atoms with Gasteiger partial charge in [0.25, 0.3) is 5.91 Å². The number of benzene rings is 3. The first-order valence-corrected chi connectivity index (χ1v) is 11.4. The summed E-state index contributed by atoms with van der Waals surface area (Å²) < 4.78 is 1.81. The summed E-state index contributed by atoms with van der Waals surface area (Å²) in [6.45, 7) is 2.00. The monoisotopic (exact) mass is 450 g/mol. The summed E-state index contributed by atoms with van der Waals surface area (Å²) in [7, 11) is 1.90. The molecule has 0 aliphatic rings. The number of carbonyl (C=O) groups excluding carboxylic acids is 1. The van der Waals surface area contributed by atoms with E-state index in [4.69, 9.17) is 4.98 Å². The van der Waals surface area contributed by atoms with Crippen LogP contribution >= 0.6 is 11.8 Å². The minimum Gasteiger partial charge on any atom is -0.321 e. The van der Waals surface area contributed by atoms with Crippen molar-refractivity contribution in [2.24, 2.45) is 7.05 Å². The lowest BCUT2D eigenvalue weighted by Crippen LogP contribution is -2.13. The first-order valence-electron chi connectivity index (χ1n) is 10.6. The minimum absolute atomic E-state index is 0.169. The van der Waals surface area contributed by atoms with Gasteiger partial charge in [0.15, 0.2) is 0 Å². The van der Waals surface area contributed by atoms with E-state index in [0.717, 1.165) is 43.3 Å². The third-order valence-electron chi connectivity index (χ3n) is 5.58. The second-order valence-electron chi connectivity index (χ2n) is 7.70. The number of nitrogens with one attached hydrogen (secondary N) is 1. The van der Waals surface area contributed by atoms with Gasteiger partial charge in [0.2, 0.25) is 0 Å². The molecule has 33 heavy (non-hydrogen) atoms. The molecule has 0 aliphatic heterocycles. The molecule has 2 heterocycles. The Hall–Kier alpha value is -3.90. The number of rotatable bonds is 5. The maximum Gasteiger partial charge on any atom is 0.256 e. The number of aryl methyl sites for hydroxylation is 1. The molecule has 5 nitrogen and oxygen atoms in total. The maximum atomic E-state index is 13.5. The van der Waals surface area contributed by atoms with Gasteiger partial charge >= 0.3 is 0 Å². The van der Waals surface area contributed by atoms with Crippen molar-refractivity contribution in [2.75, 3.05) is 5.32 Å². The zero-order valence-electron chi connectivity index (χ0n) is 18.3. The van der Waals surface area contributed by atoms with Gasteiger partial charge in [-0.15, -0.1) is 0 Å². The molecular formula is C27H22N4OS. The van der Waals surface area contributed by atoms with Crippen molar-refractivity contribution in [2.45, 2.75) is 16.7 Å². The number of para-hydroxylation sites is 2. The van der Waals surface area contributed by atoms with Crippen molar-refractivity contribution in [3.05, 3.63) is 102 Å². The zero-order chi connectivity index (χ0) is 22.8. The first kappa shape index (κ1) is 21.0. The van der Waals surface area contributed by atoms with Crippen molar-refractivity contribution >= 4 is 34.3 Å². The first-order chi connectivity index (χ1) is 16.1. The van der Waals surface area contributed by atoms with E-state index < -0.39 is 0 Å². The van der Waals surface area contributed by atoms with Crippen molar-refractivity contribution < 1.29 is 4.79 Å². The lowest BCUT2D eigenvalue weighted by Gasteiger charge is -2.13. The quantitative estimate of drug-likeness (QED) is 0.339. The lowest BCUT2D eigenvalue weighted by atomic mass is 10.0. The van der Waals surface area contributed by atoms with Crippen molar-refractivity contribution in [1.29, 1.82) is 0 Å². The van der Waals surface area contributed by atoms with Gasteiger partial charge in [-0.2, -0.15) is 5.10 Å². The van der Waals surface area contributed by atoms with Gasteiger partial charge in [-0.05, 0) is 43.3 Å². The highest BCUT2D eigenvalue weighted by Crippen LogP contribution is 2.34. The summed E-state index contributed by atoms with van der Waals surface area (Å²) >= 11 is 1.62. The van der Waals surface area contributed by atoms with Crippen LogP contribution in [-0.4, -0.2) is 20.7 Å². The minimum atomic E-state index is -0.169. The van der Waals surface area contributed by atoms with E-state index in [1.807, 2.05) is 91.4 Å². The Morgan fingerprint density at radius 3 is 2.45 bits per heavy atom. The topological polar surface area (TPSA) is 59.8 Å². The Kier molecular flexibility index (Phi) is 5.67. The number of pyridine rings is 1. The molecule has 1 N–H and O–H groups in total. The summed E-state index contributed by atoms with van der Waals surface area (Å²) in [5, 5.41) is 8.28. The van der Waals surface area contributed by atoms with Gasteiger partial charge in [-0.1, -0.05) is 60.3 Å². The molecule has 0 saturated heterocycles. The van der Waals surface area contributed by atoms with Crippen LogP contribution in [0.3, 0.4) is 0 Å². The van der Waals surface area contributed by atoms with Crippen LogP contribution in [0.25, 0.3) is 22.2 Å². The van der Waals surface area contributed by atoms with Gasteiger partial charge in [-0.3, -0.25) is 9.48 Å². The largest absolute Gasteiger partial charge is 0.321 e. The van der Waals surface area contributed by atoms with Crippen LogP contribution in [0.4, 0.5) is 5.69 Å². The normalized spacial score (nSPS) is 11.0. The summed E-state index contributed by atoms with van der Waals surface area (Å²) in [6, 6.07) is 27.6.